The van der Waals surface area contributed by atoms with Crippen LogP contribution in [0.25, 0.3) is 0 Å². The minimum absolute atomic E-state index is 0.321. The van der Waals surface area contributed by atoms with Crippen LogP contribution >= 0.6 is 0 Å². The summed E-state index contributed by atoms with van der Waals surface area (Å²) in [4.78, 5) is 0. The van der Waals surface area contributed by atoms with Crippen LogP contribution in [0.15, 0.2) is 0 Å². The van der Waals surface area contributed by atoms with Crippen molar-refractivity contribution in [1.29, 1.82) is 0 Å². The molecule has 2 rings (SSSR count). The Morgan fingerprint density at radius 2 is 1.09 bits per heavy atom. The molecule has 0 amide bonds. The van der Waals surface area contributed by atoms with Gasteiger partial charge in [0.25, 0.3) is 0 Å². The lowest BCUT2D eigenvalue weighted by Crippen LogP contribution is -2.64. The molecule has 2 saturated heterocycles. The maximum absolute atomic E-state index is 10.6. The second-order valence-corrected chi connectivity index (χ2v) is 9.56. The highest BCUT2D eigenvalue weighted by Gasteiger charge is 2.50. The van der Waals surface area contributed by atoms with Gasteiger partial charge in [-0.2, -0.15) is 0 Å². The van der Waals surface area contributed by atoms with Crippen molar-refractivity contribution in [3.05, 3.63) is 0 Å². The van der Waals surface area contributed by atoms with Crippen LogP contribution in [0, 0.1) is 0 Å². The van der Waals surface area contributed by atoms with E-state index in [4.69, 9.17) is 18.9 Å². The third kappa shape index (κ3) is 9.11. The normalized spacial score (nSPS) is 38.1. The molecule has 10 atom stereocenters. The van der Waals surface area contributed by atoms with Crippen LogP contribution in [-0.4, -0.2) is 117 Å². The van der Waals surface area contributed by atoms with E-state index in [9.17, 15) is 35.7 Å². The molecule has 0 aliphatic carbocycles. The number of aliphatic hydroxyl groups excluding tert-OH is 7. The summed E-state index contributed by atoms with van der Waals surface area (Å²) in [6.07, 6.45) is -2.63. The van der Waals surface area contributed by atoms with Crippen LogP contribution in [0.2, 0.25) is 0 Å². The molecule has 2 aliphatic heterocycles. The summed E-state index contributed by atoms with van der Waals surface area (Å²) in [5.74, 6) is 0. The first-order valence-corrected chi connectivity index (χ1v) is 13.1. The molecule has 208 valence electrons. The van der Waals surface area contributed by atoms with E-state index in [1.165, 1.54) is 44.9 Å². The van der Waals surface area contributed by atoms with Gasteiger partial charge >= 0.3 is 0 Å². The highest BCUT2D eigenvalue weighted by Crippen LogP contribution is 2.29. The maximum atomic E-state index is 10.6. The number of unbranched alkanes of at least 4 members (excludes halogenated alkanes) is 9. The largest absolute Gasteiger partial charge is 0.394 e. The fourth-order valence-corrected chi connectivity index (χ4v) is 4.48. The van der Waals surface area contributed by atoms with Crippen LogP contribution in [0.5, 0.6) is 0 Å². The van der Waals surface area contributed by atoms with Gasteiger partial charge < -0.3 is 54.7 Å². The van der Waals surface area contributed by atoms with Gasteiger partial charge in [0.1, 0.15) is 48.8 Å². The molecule has 0 aromatic heterocycles. The van der Waals surface area contributed by atoms with Crippen molar-refractivity contribution in [2.75, 3.05) is 19.8 Å². The zero-order valence-electron chi connectivity index (χ0n) is 20.7. The average Bonchev–Trinajstić information content (AvgIpc) is 2.86. The Labute approximate surface area is 207 Å². The van der Waals surface area contributed by atoms with Gasteiger partial charge in [0, 0.05) is 6.61 Å². The molecule has 11 nitrogen and oxygen atoms in total. The summed E-state index contributed by atoms with van der Waals surface area (Å²) in [5, 5.41) is 70.1. The number of ether oxygens (including phenoxy) is 4. The first-order chi connectivity index (χ1) is 16.8. The fraction of sp³-hybridized carbons (Fsp3) is 1.00. The molecule has 7 N–H and O–H groups in total. The van der Waals surface area contributed by atoms with Crippen LogP contribution in [0.3, 0.4) is 0 Å². The molecule has 0 bridgehead atoms. The second kappa shape index (κ2) is 16.4. The van der Waals surface area contributed by atoms with Crippen molar-refractivity contribution in [3.63, 3.8) is 0 Å². The van der Waals surface area contributed by atoms with Crippen LogP contribution in [0.1, 0.15) is 71.1 Å². The van der Waals surface area contributed by atoms with Gasteiger partial charge in [-0.3, -0.25) is 0 Å². The Morgan fingerprint density at radius 1 is 0.571 bits per heavy atom. The number of hydrogen-bond donors (Lipinski definition) is 7. The lowest BCUT2D eigenvalue weighted by molar-refractivity contribution is -0.359. The number of rotatable bonds is 16. The van der Waals surface area contributed by atoms with Gasteiger partial charge in [-0.1, -0.05) is 64.7 Å². The summed E-state index contributed by atoms with van der Waals surface area (Å²) in [7, 11) is 0. The molecule has 0 aromatic carbocycles. The lowest BCUT2D eigenvalue weighted by atomic mass is 9.97. The highest BCUT2D eigenvalue weighted by atomic mass is 16.7. The van der Waals surface area contributed by atoms with Gasteiger partial charge in [0.15, 0.2) is 12.6 Å². The van der Waals surface area contributed by atoms with Gasteiger partial charge in [-0.05, 0) is 6.42 Å². The van der Waals surface area contributed by atoms with E-state index in [1.807, 2.05) is 0 Å². The van der Waals surface area contributed by atoms with E-state index in [1.54, 1.807) is 0 Å². The van der Waals surface area contributed by atoms with E-state index in [0.717, 1.165) is 19.3 Å². The number of aliphatic hydroxyl groups is 7. The van der Waals surface area contributed by atoms with Crippen molar-refractivity contribution >= 4 is 0 Å². The van der Waals surface area contributed by atoms with Crippen LogP contribution in [-0.2, 0) is 18.9 Å². The highest BCUT2D eigenvalue weighted by molar-refractivity contribution is 4.94. The molecule has 2 fully saturated rings. The smallest absolute Gasteiger partial charge is 0.187 e. The molecule has 0 aromatic rings. The third-order valence-corrected chi connectivity index (χ3v) is 6.74. The predicted octanol–water partition coefficient (Wildman–Crippen LogP) is -0.452. The molecule has 2 heterocycles. The lowest BCUT2D eigenvalue weighted by Gasteiger charge is -2.45. The van der Waals surface area contributed by atoms with Crippen molar-refractivity contribution in [3.8, 4) is 0 Å². The Kier molecular flexibility index (Phi) is 14.4. The maximum Gasteiger partial charge on any atom is 0.187 e. The summed E-state index contributed by atoms with van der Waals surface area (Å²) >= 11 is 0. The van der Waals surface area contributed by atoms with E-state index >= 15 is 0 Å². The minimum atomic E-state index is -1.69. The Balaban J connectivity index is 1.74. The van der Waals surface area contributed by atoms with Gasteiger partial charge in [-0.25, -0.2) is 0 Å². The monoisotopic (exact) mass is 510 g/mol. The SMILES string of the molecule is CCCCCCCCCCCCO[C@H]1O[C@H](CO)[C@@H](O[C@H]2O[C@@H](CO)[C@@H](O)[C@H](O)[C@@H]2O)[C@H](O)[C@H]1O. The Morgan fingerprint density at radius 3 is 1.66 bits per heavy atom. The fourth-order valence-electron chi connectivity index (χ4n) is 4.48. The molecule has 2 aliphatic rings. The third-order valence-electron chi connectivity index (χ3n) is 6.74. The Hall–Kier alpha value is -0.440. The van der Waals surface area contributed by atoms with Crippen molar-refractivity contribution in [1.82, 2.24) is 0 Å². The molecule has 0 unspecified atom stereocenters. The molecule has 11 heteroatoms. The predicted molar refractivity (Wildman–Crippen MR) is 124 cm³/mol. The standard InChI is InChI=1S/C24H46O11/c1-2-3-4-5-6-7-8-9-10-11-12-32-23-21(31)19(29)22(16(14-26)34-23)35-24-20(30)18(28)17(27)15(13-25)33-24/h15-31H,2-14H2,1H3/t15-,16+,17+,18-,19+,20-,21+,22+,23-,24+/m0/s1. The summed E-state index contributed by atoms with van der Waals surface area (Å²) in [5.41, 5.74) is 0. The zero-order valence-corrected chi connectivity index (χ0v) is 20.7. The molecule has 0 spiro atoms. The van der Waals surface area contributed by atoms with Crippen LogP contribution < -0.4 is 0 Å². The van der Waals surface area contributed by atoms with Gasteiger partial charge in [-0.15, -0.1) is 0 Å². The van der Waals surface area contributed by atoms with E-state index in [-0.39, 0.29) is 0 Å². The van der Waals surface area contributed by atoms with Crippen molar-refractivity contribution in [2.24, 2.45) is 0 Å². The minimum Gasteiger partial charge on any atom is -0.394 e. The first kappa shape index (κ1) is 30.8. The summed E-state index contributed by atoms with van der Waals surface area (Å²) < 4.78 is 22.0. The average molecular weight is 511 g/mol. The van der Waals surface area contributed by atoms with Gasteiger partial charge in [0.05, 0.1) is 13.2 Å². The topological polar surface area (TPSA) is 179 Å². The van der Waals surface area contributed by atoms with E-state index in [2.05, 4.69) is 6.92 Å². The number of hydrogen-bond acceptors (Lipinski definition) is 11. The molecular weight excluding hydrogens is 464 g/mol. The quantitative estimate of drug-likeness (QED) is 0.134. The molecular formula is C24H46O11. The zero-order chi connectivity index (χ0) is 25.8. The van der Waals surface area contributed by atoms with E-state index in [0.29, 0.717) is 6.61 Å². The van der Waals surface area contributed by atoms with Crippen molar-refractivity contribution in [2.45, 2.75) is 133 Å². The molecule has 0 radical (unpaired) electrons. The van der Waals surface area contributed by atoms with E-state index < -0.39 is 74.6 Å². The Bertz CT molecular complexity index is 550. The molecule has 0 saturated carbocycles. The molecule has 35 heavy (non-hydrogen) atoms. The summed E-state index contributed by atoms with van der Waals surface area (Å²) in [6.45, 7) is 1.31. The van der Waals surface area contributed by atoms with Gasteiger partial charge in [0.2, 0.25) is 0 Å². The first-order valence-electron chi connectivity index (χ1n) is 13.1. The van der Waals surface area contributed by atoms with Crippen molar-refractivity contribution < 1.29 is 54.7 Å². The van der Waals surface area contributed by atoms with Crippen LogP contribution in [0.4, 0.5) is 0 Å². The second-order valence-electron chi connectivity index (χ2n) is 9.56. The summed E-state index contributed by atoms with van der Waals surface area (Å²) in [6, 6.07) is 0.